The second-order valence-corrected chi connectivity index (χ2v) is 4.48. The van der Waals surface area contributed by atoms with Gasteiger partial charge in [-0.1, -0.05) is 11.3 Å². The van der Waals surface area contributed by atoms with Crippen LogP contribution < -0.4 is 15.8 Å². The van der Waals surface area contributed by atoms with E-state index in [0.29, 0.717) is 0 Å². The SMILES string of the molecule is Nc1nnc(NC(=O)c2ccc(OC(F)(F)F)cc2)s1. The van der Waals surface area contributed by atoms with Crippen LogP contribution in [0.4, 0.5) is 23.4 Å². The Labute approximate surface area is 114 Å². The third kappa shape index (κ3) is 3.82. The summed E-state index contributed by atoms with van der Waals surface area (Å²) in [6.45, 7) is 0. The number of nitrogens with one attached hydrogen (secondary N) is 1. The standard InChI is InChI=1S/C10H7F3N4O2S/c11-10(12,13)19-6-3-1-5(2-4-6)7(18)15-9-17-16-8(14)20-9/h1-4H,(H2,14,16)(H,15,17,18). The highest BCUT2D eigenvalue weighted by atomic mass is 32.1. The lowest BCUT2D eigenvalue weighted by Crippen LogP contribution is -2.17. The number of hydrogen-bond donors (Lipinski definition) is 2. The molecule has 0 aliphatic rings. The van der Waals surface area contributed by atoms with E-state index in [1.165, 1.54) is 12.1 Å². The minimum Gasteiger partial charge on any atom is -0.406 e. The first kappa shape index (κ1) is 14.1. The van der Waals surface area contributed by atoms with Crippen LogP contribution in [0.15, 0.2) is 24.3 Å². The molecule has 0 fully saturated rings. The number of amides is 1. The zero-order valence-corrected chi connectivity index (χ0v) is 10.5. The summed E-state index contributed by atoms with van der Waals surface area (Å²) < 4.78 is 39.6. The van der Waals surface area contributed by atoms with E-state index in [0.717, 1.165) is 23.5 Å². The van der Waals surface area contributed by atoms with E-state index in [4.69, 9.17) is 5.73 Å². The normalized spacial score (nSPS) is 11.2. The average molecular weight is 304 g/mol. The summed E-state index contributed by atoms with van der Waals surface area (Å²) >= 11 is 0.972. The van der Waals surface area contributed by atoms with Gasteiger partial charge in [0.2, 0.25) is 10.3 Å². The van der Waals surface area contributed by atoms with Crippen molar-refractivity contribution in [2.75, 3.05) is 11.1 Å². The number of benzene rings is 1. The summed E-state index contributed by atoms with van der Waals surface area (Å²) in [5.41, 5.74) is 5.49. The minimum atomic E-state index is -4.77. The zero-order chi connectivity index (χ0) is 14.8. The maximum absolute atomic E-state index is 12.0. The Balaban J connectivity index is 2.04. The van der Waals surface area contributed by atoms with E-state index in [1.54, 1.807) is 0 Å². The predicted molar refractivity (Wildman–Crippen MR) is 65.4 cm³/mol. The largest absolute Gasteiger partial charge is 0.573 e. The van der Waals surface area contributed by atoms with Crippen LogP contribution in [0.2, 0.25) is 0 Å². The van der Waals surface area contributed by atoms with E-state index >= 15 is 0 Å². The van der Waals surface area contributed by atoms with E-state index in [-0.39, 0.29) is 15.8 Å². The molecule has 0 bridgehead atoms. The average Bonchev–Trinajstić information content (AvgIpc) is 2.73. The second-order valence-electron chi connectivity index (χ2n) is 3.47. The number of nitrogens with zero attached hydrogens (tertiary/aromatic N) is 2. The molecule has 0 unspecified atom stereocenters. The number of carbonyl (C=O) groups is 1. The molecule has 0 saturated heterocycles. The fourth-order valence-corrected chi connectivity index (χ4v) is 1.77. The van der Waals surface area contributed by atoms with Crippen molar-refractivity contribution in [1.82, 2.24) is 10.2 Å². The highest BCUT2D eigenvalue weighted by molar-refractivity contribution is 7.19. The summed E-state index contributed by atoms with van der Waals surface area (Å²) in [7, 11) is 0. The molecule has 3 N–H and O–H groups in total. The van der Waals surface area contributed by atoms with Crippen LogP contribution in [-0.2, 0) is 0 Å². The lowest BCUT2D eigenvalue weighted by atomic mass is 10.2. The van der Waals surface area contributed by atoms with Gasteiger partial charge in [-0.3, -0.25) is 10.1 Å². The van der Waals surface area contributed by atoms with Gasteiger partial charge in [0.15, 0.2) is 0 Å². The van der Waals surface area contributed by atoms with E-state index in [9.17, 15) is 18.0 Å². The second kappa shape index (κ2) is 5.33. The quantitative estimate of drug-likeness (QED) is 0.908. The number of nitrogen functional groups attached to an aromatic ring is 1. The number of nitrogens with two attached hydrogens (primary N) is 1. The fraction of sp³-hybridized carbons (Fsp3) is 0.100. The van der Waals surface area contributed by atoms with Gasteiger partial charge in [-0.05, 0) is 24.3 Å². The topological polar surface area (TPSA) is 90.1 Å². The highest BCUT2D eigenvalue weighted by Crippen LogP contribution is 2.23. The molecule has 0 aliphatic carbocycles. The maximum atomic E-state index is 12.0. The Morgan fingerprint density at radius 1 is 1.25 bits per heavy atom. The molecule has 0 radical (unpaired) electrons. The first-order valence-corrected chi connectivity index (χ1v) is 5.91. The summed E-state index contributed by atoms with van der Waals surface area (Å²) in [6.07, 6.45) is -4.77. The first-order valence-electron chi connectivity index (χ1n) is 5.09. The van der Waals surface area contributed by atoms with Crippen LogP contribution in [0, 0.1) is 0 Å². The molecule has 1 amide bonds. The monoisotopic (exact) mass is 304 g/mol. The molecule has 1 heterocycles. The van der Waals surface area contributed by atoms with Crippen molar-refractivity contribution in [2.24, 2.45) is 0 Å². The van der Waals surface area contributed by atoms with Gasteiger partial charge in [-0.25, -0.2) is 0 Å². The molecule has 2 aromatic rings. The van der Waals surface area contributed by atoms with Gasteiger partial charge in [0.25, 0.3) is 5.91 Å². The van der Waals surface area contributed by atoms with Crippen LogP contribution in [0.5, 0.6) is 5.75 Å². The number of anilines is 2. The van der Waals surface area contributed by atoms with Gasteiger partial charge in [-0.15, -0.1) is 23.4 Å². The molecular weight excluding hydrogens is 297 g/mol. The van der Waals surface area contributed by atoms with Gasteiger partial charge < -0.3 is 10.5 Å². The molecule has 1 aromatic carbocycles. The van der Waals surface area contributed by atoms with Crippen LogP contribution in [0.25, 0.3) is 0 Å². The molecule has 20 heavy (non-hydrogen) atoms. The fourth-order valence-electron chi connectivity index (χ4n) is 1.26. The Bertz CT molecular complexity index is 612. The number of rotatable bonds is 3. The molecule has 0 saturated carbocycles. The summed E-state index contributed by atoms with van der Waals surface area (Å²) in [5, 5.41) is 9.89. The van der Waals surface area contributed by atoms with Crippen molar-refractivity contribution in [1.29, 1.82) is 0 Å². The molecule has 10 heteroatoms. The Morgan fingerprint density at radius 3 is 2.40 bits per heavy atom. The highest BCUT2D eigenvalue weighted by Gasteiger charge is 2.31. The van der Waals surface area contributed by atoms with Crippen molar-refractivity contribution < 1.29 is 22.7 Å². The molecule has 0 spiro atoms. The van der Waals surface area contributed by atoms with E-state index in [2.05, 4.69) is 20.3 Å². The van der Waals surface area contributed by atoms with Crippen LogP contribution >= 0.6 is 11.3 Å². The number of aromatic nitrogens is 2. The summed E-state index contributed by atoms with van der Waals surface area (Å²) in [5.74, 6) is -0.950. The van der Waals surface area contributed by atoms with Crippen LogP contribution in [-0.4, -0.2) is 22.5 Å². The number of halogens is 3. The lowest BCUT2D eigenvalue weighted by molar-refractivity contribution is -0.274. The van der Waals surface area contributed by atoms with Gasteiger partial charge in [0, 0.05) is 5.56 Å². The summed E-state index contributed by atoms with van der Waals surface area (Å²) in [4.78, 5) is 11.7. The van der Waals surface area contributed by atoms with Crippen molar-refractivity contribution >= 4 is 27.5 Å². The predicted octanol–water partition coefficient (Wildman–Crippen LogP) is 2.27. The lowest BCUT2D eigenvalue weighted by Gasteiger charge is -2.08. The summed E-state index contributed by atoms with van der Waals surface area (Å²) in [6, 6.07) is 4.47. The molecular formula is C10H7F3N4O2S. The van der Waals surface area contributed by atoms with Gasteiger partial charge in [0.05, 0.1) is 0 Å². The molecule has 2 rings (SSSR count). The number of hydrogen-bond acceptors (Lipinski definition) is 6. The van der Waals surface area contributed by atoms with Crippen molar-refractivity contribution in [2.45, 2.75) is 6.36 Å². The van der Waals surface area contributed by atoms with E-state index in [1.807, 2.05) is 0 Å². The van der Waals surface area contributed by atoms with Crippen molar-refractivity contribution in [3.63, 3.8) is 0 Å². The van der Waals surface area contributed by atoms with Crippen molar-refractivity contribution in [3.8, 4) is 5.75 Å². The zero-order valence-electron chi connectivity index (χ0n) is 9.64. The molecule has 6 nitrogen and oxygen atoms in total. The van der Waals surface area contributed by atoms with Crippen LogP contribution in [0.1, 0.15) is 10.4 Å². The van der Waals surface area contributed by atoms with Crippen LogP contribution in [0.3, 0.4) is 0 Å². The van der Waals surface area contributed by atoms with Gasteiger partial charge in [0.1, 0.15) is 5.75 Å². The Kier molecular flexibility index (Phi) is 3.74. The maximum Gasteiger partial charge on any atom is 0.573 e. The minimum absolute atomic E-state index is 0.147. The van der Waals surface area contributed by atoms with Gasteiger partial charge >= 0.3 is 6.36 Å². The molecule has 1 aromatic heterocycles. The first-order chi connectivity index (χ1) is 9.33. The molecule has 106 valence electrons. The Morgan fingerprint density at radius 2 is 1.90 bits per heavy atom. The third-order valence-corrected chi connectivity index (χ3v) is 2.68. The number of ether oxygens (including phenoxy) is 1. The molecule has 0 atom stereocenters. The third-order valence-electron chi connectivity index (χ3n) is 2.01. The van der Waals surface area contributed by atoms with E-state index < -0.39 is 18.0 Å². The number of carbonyl (C=O) groups excluding carboxylic acids is 1. The smallest absolute Gasteiger partial charge is 0.406 e. The van der Waals surface area contributed by atoms with Gasteiger partial charge in [-0.2, -0.15) is 0 Å². The Hall–Kier alpha value is -2.36. The number of alkyl halides is 3. The van der Waals surface area contributed by atoms with Crippen molar-refractivity contribution in [3.05, 3.63) is 29.8 Å². The molecule has 0 aliphatic heterocycles.